The largest absolute Gasteiger partial charge is 0.454 e. The first-order valence-corrected chi connectivity index (χ1v) is 8.95. The number of pyridine rings is 1. The number of nitrogens with zero attached hydrogens (tertiary/aromatic N) is 3. The highest BCUT2D eigenvalue weighted by molar-refractivity contribution is 5.79. The summed E-state index contributed by atoms with van der Waals surface area (Å²) >= 11 is 0. The molecule has 138 valence electrons. The Labute approximate surface area is 154 Å². The first-order valence-electron chi connectivity index (χ1n) is 8.95. The van der Waals surface area contributed by atoms with E-state index in [9.17, 15) is 0 Å². The average molecular weight is 354 g/mol. The van der Waals surface area contributed by atoms with Gasteiger partial charge in [-0.15, -0.1) is 0 Å². The van der Waals surface area contributed by atoms with Crippen molar-refractivity contribution in [3.05, 3.63) is 53.3 Å². The van der Waals surface area contributed by atoms with Crippen LogP contribution in [0.25, 0.3) is 0 Å². The van der Waals surface area contributed by atoms with Gasteiger partial charge in [0.2, 0.25) is 6.79 Å². The van der Waals surface area contributed by atoms with Gasteiger partial charge in [-0.3, -0.25) is 9.98 Å². The number of rotatable bonds is 6. The average Bonchev–Trinajstić information content (AvgIpc) is 3.10. The fourth-order valence-corrected chi connectivity index (χ4v) is 2.92. The minimum Gasteiger partial charge on any atom is -0.454 e. The summed E-state index contributed by atoms with van der Waals surface area (Å²) in [6.45, 7) is 6.78. The summed E-state index contributed by atoms with van der Waals surface area (Å²) in [7, 11) is 2.05. The molecule has 0 atom stereocenters. The molecule has 0 saturated heterocycles. The summed E-state index contributed by atoms with van der Waals surface area (Å²) < 4.78 is 10.8. The maximum absolute atomic E-state index is 5.46. The molecule has 0 bridgehead atoms. The Morgan fingerprint density at radius 3 is 2.92 bits per heavy atom. The van der Waals surface area contributed by atoms with Gasteiger partial charge in [0.1, 0.15) is 0 Å². The molecule has 0 aliphatic carbocycles. The first-order chi connectivity index (χ1) is 12.7. The summed E-state index contributed by atoms with van der Waals surface area (Å²) in [6.07, 6.45) is 4.64. The lowest BCUT2D eigenvalue weighted by atomic mass is 10.1. The molecule has 2 heterocycles. The molecule has 0 radical (unpaired) electrons. The van der Waals surface area contributed by atoms with Crippen LogP contribution in [0, 0.1) is 6.92 Å². The third-order valence-corrected chi connectivity index (χ3v) is 4.33. The molecular formula is C20H26N4O2. The number of aromatic nitrogens is 1. The molecule has 0 saturated carbocycles. The Morgan fingerprint density at radius 2 is 2.12 bits per heavy atom. The molecular weight excluding hydrogens is 328 g/mol. The number of ether oxygens (including phenoxy) is 2. The second kappa shape index (κ2) is 8.56. The van der Waals surface area contributed by atoms with Crippen molar-refractivity contribution in [1.29, 1.82) is 0 Å². The molecule has 3 rings (SSSR count). The Morgan fingerprint density at radius 1 is 1.27 bits per heavy atom. The van der Waals surface area contributed by atoms with Crippen LogP contribution in [-0.4, -0.2) is 42.8 Å². The van der Waals surface area contributed by atoms with Crippen molar-refractivity contribution in [2.75, 3.05) is 26.9 Å². The normalized spacial score (nSPS) is 13.0. The van der Waals surface area contributed by atoms with Crippen molar-refractivity contribution in [2.45, 2.75) is 26.8 Å². The predicted molar refractivity (Wildman–Crippen MR) is 103 cm³/mol. The highest BCUT2D eigenvalue weighted by Gasteiger charge is 2.14. The molecule has 0 fully saturated rings. The van der Waals surface area contributed by atoms with Crippen LogP contribution < -0.4 is 14.8 Å². The van der Waals surface area contributed by atoms with E-state index in [1.165, 1.54) is 11.1 Å². The zero-order valence-electron chi connectivity index (χ0n) is 15.7. The van der Waals surface area contributed by atoms with Gasteiger partial charge in [-0.2, -0.15) is 0 Å². The van der Waals surface area contributed by atoms with Crippen LogP contribution in [0.15, 0.2) is 41.7 Å². The van der Waals surface area contributed by atoms with Gasteiger partial charge in [0.15, 0.2) is 17.5 Å². The van der Waals surface area contributed by atoms with Crippen LogP contribution in [0.4, 0.5) is 0 Å². The van der Waals surface area contributed by atoms with E-state index in [0.717, 1.165) is 49.1 Å². The fraction of sp³-hybridized carbons (Fsp3) is 0.400. The predicted octanol–water partition coefficient (Wildman–Crippen LogP) is 2.76. The lowest BCUT2D eigenvalue weighted by molar-refractivity contribution is 0.174. The Kier molecular flexibility index (Phi) is 5.94. The van der Waals surface area contributed by atoms with E-state index in [2.05, 4.69) is 41.2 Å². The smallest absolute Gasteiger partial charge is 0.231 e. The highest BCUT2D eigenvalue weighted by Crippen LogP contribution is 2.32. The number of nitrogens with one attached hydrogen (secondary N) is 1. The van der Waals surface area contributed by atoms with Crippen LogP contribution in [0.2, 0.25) is 0 Å². The SMILES string of the molecule is CCNC(=NCCc1ccncc1C)N(C)Cc1ccc2c(c1)OCO2. The summed E-state index contributed by atoms with van der Waals surface area (Å²) in [6, 6.07) is 8.12. The zero-order chi connectivity index (χ0) is 18.4. The molecule has 0 spiro atoms. The van der Waals surface area contributed by atoms with E-state index in [1.807, 2.05) is 31.6 Å². The van der Waals surface area contributed by atoms with E-state index in [1.54, 1.807) is 0 Å². The van der Waals surface area contributed by atoms with Gasteiger partial charge in [0.05, 0.1) is 0 Å². The standard InChI is InChI=1S/C20H26N4O2/c1-4-22-20(23-10-8-17-7-9-21-12-15(17)2)24(3)13-16-5-6-18-19(11-16)26-14-25-18/h5-7,9,11-12H,4,8,10,13-14H2,1-3H3,(H,22,23). The third kappa shape index (κ3) is 4.45. The molecule has 0 amide bonds. The number of benzene rings is 1. The lowest BCUT2D eigenvalue weighted by Gasteiger charge is -2.22. The number of aliphatic imine (C=N–C) groups is 1. The second-order valence-electron chi connectivity index (χ2n) is 6.33. The van der Waals surface area contributed by atoms with Gasteiger partial charge >= 0.3 is 0 Å². The van der Waals surface area contributed by atoms with Crippen LogP contribution in [0.3, 0.4) is 0 Å². The minimum absolute atomic E-state index is 0.299. The Bertz CT molecular complexity index is 776. The minimum atomic E-state index is 0.299. The molecule has 1 aromatic heterocycles. The molecule has 2 aromatic rings. The number of guanidine groups is 1. The second-order valence-corrected chi connectivity index (χ2v) is 6.33. The van der Waals surface area contributed by atoms with Crippen molar-refractivity contribution in [3.8, 4) is 11.5 Å². The molecule has 0 unspecified atom stereocenters. The topological polar surface area (TPSA) is 59.0 Å². The van der Waals surface area contributed by atoms with Gasteiger partial charge in [0.25, 0.3) is 0 Å². The van der Waals surface area contributed by atoms with E-state index in [4.69, 9.17) is 14.5 Å². The van der Waals surface area contributed by atoms with Gasteiger partial charge in [-0.1, -0.05) is 6.07 Å². The van der Waals surface area contributed by atoms with Crippen LogP contribution in [0.1, 0.15) is 23.6 Å². The van der Waals surface area contributed by atoms with Gasteiger partial charge in [0, 0.05) is 39.1 Å². The summed E-state index contributed by atoms with van der Waals surface area (Å²) in [4.78, 5) is 11.0. The van der Waals surface area contributed by atoms with Crippen molar-refractivity contribution in [2.24, 2.45) is 4.99 Å². The van der Waals surface area contributed by atoms with E-state index < -0.39 is 0 Å². The fourth-order valence-electron chi connectivity index (χ4n) is 2.92. The van der Waals surface area contributed by atoms with Gasteiger partial charge in [-0.25, -0.2) is 0 Å². The maximum Gasteiger partial charge on any atom is 0.231 e. The van der Waals surface area contributed by atoms with Crippen molar-refractivity contribution >= 4 is 5.96 Å². The van der Waals surface area contributed by atoms with E-state index in [0.29, 0.717) is 6.79 Å². The molecule has 1 aromatic carbocycles. The number of aryl methyl sites for hydroxylation is 1. The van der Waals surface area contributed by atoms with Crippen LogP contribution in [0.5, 0.6) is 11.5 Å². The van der Waals surface area contributed by atoms with Crippen molar-refractivity contribution in [3.63, 3.8) is 0 Å². The van der Waals surface area contributed by atoms with Gasteiger partial charge < -0.3 is 19.7 Å². The molecule has 1 aliphatic heterocycles. The maximum atomic E-state index is 5.46. The summed E-state index contributed by atoms with van der Waals surface area (Å²) in [5, 5.41) is 3.36. The number of hydrogen-bond acceptors (Lipinski definition) is 4. The molecule has 6 heteroatoms. The van der Waals surface area contributed by atoms with Crippen LogP contribution in [-0.2, 0) is 13.0 Å². The highest BCUT2D eigenvalue weighted by atomic mass is 16.7. The van der Waals surface area contributed by atoms with Crippen molar-refractivity contribution < 1.29 is 9.47 Å². The number of fused-ring (bicyclic) bond motifs is 1. The van der Waals surface area contributed by atoms with E-state index in [-0.39, 0.29) is 0 Å². The lowest BCUT2D eigenvalue weighted by Crippen LogP contribution is -2.38. The van der Waals surface area contributed by atoms with Crippen molar-refractivity contribution in [1.82, 2.24) is 15.2 Å². The first kappa shape index (κ1) is 18.0. The molecule has 1 aliphatic rings. The number of hydrogen-bond donors (Lipinski definition) is 1. The Hall–Kier alpha value is -2.76. The van der Waals surface area contributed by atoms with Gasteiger partial charge in [-0.05, 0) is 55.2 Å². The molecule has 26 heavy (non-hydrogen) atoms. The quantitative estimate of drug-likeness (QED) is 0.638. The van der Waals surface area contributed by atoms with E-state index >= 15 is 0 Å². The summed E-state index contributed by atoms with van der Waals surface area (Å²) in [5.74, 6) is 2.52. The van der Waals surface area contributed by atoms with Crippen LogP contribution >= 0.6 is 0 Å². The zero-order valence-corrected chi connectivity index (χ0v) is 15.7. The third-order valence-electron chi connectivity index (χ3n) is 4.33. The summed E-state index contributed by atoms with van der Waals surface area (Å²) in [5.41, 5.74) is 3.66. The monoisotopic (exact) mass is 354 g/mol. The Balaban J connectivity index is 1.63. The molecule has 1 N–H and O–H groups in total. The molecule has 6 nitrogen and oxygen atoms in total.